The number of hydrogen-bond acceptors (Lipinski definition) is 7. The van der Waals surface area contributed by atoms with Crippen LogP contribution in [0, 0.1) is 11.8 Å². The molecule has 3 saturated heterocycles. The molecule has 0 bridgehead atoms. The highest BCUT2D eigenvalue weighted by Gasteiger charge is 2.21. The van der Waals surface area contributed by atoms with E-state index in [2.05, 4.69) is 38.3 Å². The van der Waals surface area contributed by atoms with Gasteiger partial charge in [-0.05, 0) is 76.7 Å². The molecule has 2 aromatic rings. The Balaban J connectivity index is 1.51. The van der Waals surface area contributed by atoms with Crippen molar-refractivity contribution in [3.63, 3.8) is 0 Å². The van der Waals surface area contributed by atoms with Gasteiger partial charge in [0.2, 0.25) is 5.95 Å². The van der Waals surface area contributed by atoms with Gasteiger partial charge in [-0.15, -0.1) is 0 Å². The lowest BCUT2D eigenvalue weighted by molar-refractivity contribution is 0.383. The third kappa shape index (κ3) is 4.77. The summed E-state index contributed by atoms with van der Waals surface area (Å²) in [5.74, 6) is 9.18. The van der Waals surface area contributed by atoms with E-state index in [1.54, 1.807) is 7.11 Å². The van der Waals surface area contributed by atoms with Gasteiger partial charge in [0.05, 0.1) is 30.9 Å². The fourth-order valence-electron chi connectivity index (χ4n) is 4.91. The van der Waals surface area contributed by atoms with E-state index in [-0.39, 0.29) is 6.17 Å². The minimum absolute atomic E-state index is 0.235. The maximum atomic E-state index is 5.73. The van der Waals surface area contributed by atoms with Crippen molar-refractivity contribution in [2.45, 2.75) is 51.1 Å². The molecule has 2 N–H and O–H groups in total. The van der Waals surface area contributed by atoms with Crippen LogP contribution in [0.25, 0.3) is 10.9 Å². The average molecular weight is 435 g/mol. The predicted octanol–water partition coefficient (Wildman–Crippen LogP) is 3.20. The summed E-state index contributed by atoms with van der Waals surface area (Å²) in [6.07, 6.45) is 8.75. The molecule has 0 amide bonds. The summed E-state index contributed by atoms with van der Waals surface area (Å²) in [5, 5.41) is 8.21. The second kappa shape index (κ2) is 9.93. The van der Waals surface area contributed by atoms with Crippen LogP contribution in [0.3, 0.4) is 0 Å². The van der Waals surface area contributed by atoms with E-state index in [0.717, 1.165) is 79.7 Å². The SMILES string of the molecule is COc1cc2c(NC3CCCCN3)nc(N3CCCC3)nc2cc1C#CCN1CCCC1. The lowest BCUT2D eigenvalue weighted by Gasteiger charge is -2.26. The number of nitrogens with one attached hydrogen (secondary N) is 2. The second-order valence-corrected chi connectivity index (χ2v) is 9.07. The van der Waals surface area contributed by atoms with Crippen LogP contribution in [0.2, 0.25) is 0 Å². The van der Waals surface area contributed by atoms with Crippen LogP contribution < -0.4 is 20.3 Å². The maximum Gasteiger partial charge on any atom is 0.227 e. The molecule has 0 radical (unpaired) electrons. The Morgan fingerprint density at radius 2 is 1.88 bits per heavy atom. The molecular formula is C25H34N6O. The van der Waals surface area contributed by atoms with E-state index >= 15 is 0 Å². The number of hydrogen-bond donors (Lipinski definition) is 2. The summed E-state index contributed by atoms with van der Waals surface area (Å²) in [4.78, 5) is 14.6. The van der Waals surface area contributed by atoms with E-state index in [1.165, 1.54) is 38.5 Å². The van der Waals surface area contributed by atoms with Gasteiger partial charge in [-0.1, -0.05) is 11.8 Å². The Hall–Kier alpha value is -2.56. The molecule has 3 fully saturated rings. The number of ether oxygens (including phenoxy) is 1. The Morgan fingerprint density at radius 3 is 2.62 bits per heavy atom. The third-order valence-corrected chi connectivity index (χ3v) is 6.74. The number of piperidine rings is 1. The lowest BCUT2D eigenvalue weighted by Crippen LogP contribution is -2.40. The first kappa shape index (κ1) is 21.3. The van der Waals surface area contributed by atoms with E-state index < -0.39 is 0 Å². The molecule has 1 aromatic carbocycles. The number of benzene rings is 1. The lowest BCUT2D eigenvalue weighted by atomic mass is 10.1. The van der Waals surface area contributed by atoms with E-state index in [1.807, 2.05) is 6.07 Å². The molecule has 5 rings (SSSR count). The number of rotatable bonds is 5. The minimum atomic E-state index is 0.235. The van der Waals surface area contributed by atoms with E-state index in [4.69, 9.17) is 14.7 Å². The summed E-state index contributed by atoms with van der Waals surface area (Å²) in [5.41, 5.74) is 1.82. The van der Waals surface area contributed by atoms with Gasteiger partial charge in [-0.2, -0.15) is 4.98 Å². The molecule has 170 valence electrons. The fourth-order valence-corrected chi connectivity index (χ4v) is 4.91. The van der Waals surface area contributed by atoms with Crippen LogP contribution in [0.1, 0.15) is 50.5 Å². The van der Waals surface area contributed by atoms with Crippen LogP contribution in [0.5, 0.6) is 5.75 Å². The van der Waals surface area contributed by atoms with Crippen LogP contribution in [-0.4, -0.2) is 67.4 Å². The number of anilines is 2. The highest BCUT2D eigenvalue weighted by atomic mass is 16.5. The number of nitrogens with zero attached hydrogens (tertiary/aromatic N) is 4. The molecular weight excluding hydrogens is 400 g/mol. The van der Waals surface area contributed by atoms with Gasteiger partial charge in [0.25, 0.3) is 0 Å². The predicted molar refractivity (Wildman–Crippen MR) is 129 cm³/mol. The van der Waals surface area contributed by atoms with Gasteiger partial charge in [0.15, 0.2) is 0 Å². The van der Waals surface area contributed by atoms with Crippen molar-refractivity contribution in [3.8, 4) is 17.6 Å². The van der Waals surface area contributed by atoms with Gasteiger partial charge < -0.3 is 15.0 Å². The Bertz CT molecular complexity index is 995. The number of methoxy groups -OCH3 is 1. The van der Waals surface area contributed by atoms with Crippen molar-refractivity contribution in [1.29, 1.82) is 0 Å². The Morgan fingerprint density at radius 1 is 1.06 bits per heavy atom. The topological polar surface area (TPSA) is 65.5 Å². The molecule has 1 atom stereocenters. The van der Waals surface area contributed by atoms with Gasteiger partial charge in [0, 0.05) is 18.5 Å². The Kier molecular flexibility index (Phi) is 6.61. The van der Waals surface area contributed by atoms with Crippen LogP contribution in [0.4, 0.5) is 11.8 Å². The molecule has 0 aliphatic carbocycles. The minimum Gasteiger partial charge on any atom is -0.495 e. The maximum absolute atomic E-state index is 5.73. The monoisotopic (exact) mass is 434 g/mol. The molecule has 1 unspecified atom stereocenters. The normalized spacial score (nSPS) is 21.5. The van der Waals surface area contributed by atoms with Crippen molar-refractivity contribution in [2.75, 3.05) is 56.6 Å². The average Bonchev–Trinajstić information content (AvgIpc) is 3.54. The van der Waals surface area contributed by atoms with Crippen molar-refractivity contribution >= 4 is 22.7 Å². The third-order valence-electron chi connectivity index (χ3n) is 6.74. The first-order valence-corrected chi connectivity index (χ1v) is 12.2. The van der Waals surface area contributed by atoms with Crippen molar-refractivity contribution < 1.29 is 4.74 Å². The molecule has 3 aliphatic rings. The second-order valence-electron chi connectivity index (χ2n) is 9.07. The van der Waals surface area contributed by atoms with Crippen molar-refractivity contribution in [1.82, 2.24) is 20.2 Å². The summed E-state index contributed by atoms with van der Waals surface area (Å²) in [6.45, 7) is 6.20. The highest BCUT2D eigenvalue weighted by molar-refractivity contribution is 5.92. The zero-order valence-corrected chi connectivity index (χ0v) is 19.1. The fraction of sp³-hybridized carbons (Fsp3) is 0.600. The smallest absolute Gasteiger partial charge is 0.227 e. The molecule has 7 heteroatoms. The molecule has 3 aliphatic heterocycles. The first-order valence-electron chi connectivity index (χ1n) is 12.2. The van der Waals surface area contributed by atoms with Gasteiger partial charge in [-0.25, -0.2) is 4.98 Å². The molecule has 7 nitrogen and oxygen atoms in total. The number of fused-ring (bicyclic) bond motifs is 1. The number of likely N-dealkylation sites (tertiary alicyclic amines) is 1. The van der Waals surface area contributed by atoms with Gasteiger partial charge >= 0.3 is 0 Å². The van der Waals surface area contributed by atoms with Crippen molar-refractivity contribution in [3.05, 3.63) is 17.7 Å². The number of aromatic nitrogens is 2. The first-order chi connectivity index (χ1) is 15.8. The zero-order chi connectivity index (χ0) is 21.8. The zero-order valence-electron chi connectivity index (χ0n) is 19.1. The quantitative estimate of drug-likeness (QED) is 0.701. The molecule has 4 heterocycles. The Labute approximate surface area is 190 Å². The largest absolute Gasteiger partial charge is 0.495 e. The summed E-state index contributed by atoms with van der Waals surface area (Å²) in [7, 11) is 1.71. The van der Waals surface area contributed by atoms with Crippen LogP contribution in [-0.2, 0) is 0 Å². The van der Waals surface area contributed by atoms with E-state index in [9.17, 15) is 0 Å². The summed E-state index contributed by atoms with van der Waals surface area (Å²) >= 11 is 0. The molecule has 0 saturated carbocycles. The molecule has 0 spiro atoms. The highest BCUT2D eigenvalue weighted by Crippen LogP contribution is 2.31. The van der Waals surface area contributed by atoms with Gasteiger partial charge in [0.1, 0.15) is 11.6 Å². The van der Waals surface area contributed by atoms with Crippen LogP contribution >= 0.6 is 0 Å². The van der Waals surface area contributed by atoms with E-state index in [0.29, 0.717) is 0 Å². The van der Waals surface area contributed by atoms with Crippen LogP contribution in [0.15, 0.2) is 12.1 Å². The molecule has 1 aromatic heterocycles. The van der Waals surface area contributed by atoms with Gasteiger partial charge in [-0.3, -0.25) is 10.2 Å². The standard InChI is InChI=1S/C25H34N6O/c1-32-22-18-20-21(17-19(22)9-8-14-30-12-4-5-13-30)27-25(31-15-6-7-16-31)29-24(20)28-23-10-2-3-11-26-23/h17-18,23,26H,2-7,10-16H2,1H3,(H,27,28,29). The molecule has 32 heavy (non-hydrogen) atoms. The summed E-state index contributed by atoms with van der Waals surface area (Å²) < 4.78 is 5.73. The van der Waals surface area contributed by atoms with Crippen molar-refractivity contribution in [2.24, 2.45) is 0 Å². The summed E-state index contributed by atoms with van der Waals surface area (Å²) in [6, 6.07) is 4.13.